The summed E-state index contributed by atoms with van der Waals surface area (Å²) in [5, 5.41) is 14.3. The number of nitrogens with one attached hydrogen (secondary N) is 1. The highest BCUT2D eigenvalue weighted by molar-refractivity contribution is 5.21. The molecule has 3 heteroatoms. The summed E-state index contributed by atoms with van der Waals surface area (Å²) in [6.07, 6.45) is 13.9. The largest absolute Gasteiger partial charge is 0.491 e. The lowest BCUT2D eigenvalue weighted by Gasteiger charge is -2.60. The first-order valence-corrected chi connectivity index (χ1v) is 13.1. The topological polar surface area (TPSA) is 41.5 Å². The summed E-state index contributed by atoms with van der Waals surface area (Å²) in [7, 11) is 0. The number of fused-ring (bicyclic) bond motifs is 5. The Labute approximate surface area is 189 Å². The van der Waals surface area contributed by atoms with Crippen LogP contribution in [0.3, 0.4) is 0 Å². The van der Waals surface area contributed by atoms with E-state index in [1.165, 1.54) is 64.2 Å². The second-order valence-corrected chi connectivity index (χ2v) is 11.8. The van der Waals surface area contributed by atoms with Crippen LogP contribution in [0.15, 0.2) is 30.3 Å². The molecule has 4 aliphatic rings. The minimum atomic E-state index is -0.462. The molecular formula is C28H43NO2. The Kier molecular flexibility index (Phi) is 6.11. The maximum atomic E-state index is 10.5. The van der Waals surface area contributed by atoms with Gasteiger partial charge < -0.3 is 15.2 Å². The van der Waals surface area contributed by atoms with Crippen molar-refractivity contribution in [1.82, 2.24) is 5.32 Å². The quantitative estimate of drug-likeness (QED) is 0.604. The first-order valence-electron chi connectivity index (χ1n) is 13.1. The van der Waals surface area contributed by atoms with Crippen LogP contribution in [-0.4, -0.2) is 30.4 Å². The fraction of sp³-hybridized carbons (Fsp3) is 0.786. The molecule has 4 saturated carbocycles. The average molecular weight is 426 g/mol. The molecule has 5 rings (SSSR count). The van der Waals surface area contributed by atoms with Gasteiger partial charge in [-0.1, -0.05) is 44.9 Å². The predicted octanol–water partition coefficient (Wildman–Crippen LogP) is 5.82. The molecule has 0 bridgehead atoms. The second kappa shape index (κ2) is 8.71. The molecule has 0 amide bonds. The van der Waals surface area contributed by atoms with Crippen molar-refractivity contribution in [3.63, 3.8) is 0 Å². The highest BCUT2D eigenvalue weighted by Crippen LogP contribution is 2.66. The number of aliphatic hydroxyl groups excluding tert-OH is 1. The van der Waals surface area contributed by atoms with Crippen LogP contribution in [-0.2, 0) is 0 Å². The van der Waals surface area contributed by atoms with Gasteiger partial charge in [0.15, 0.2) is 0 Å². The van der Waals surface area contributed by atoms with E-state index in [4.69, 9.17) is 4.74 Å². The van der Waals surface area contributed by atoms with Gasteiger partial charge in [0, 0.05) is 12.6 Å². The van der Waals surface area contributed by atoms with Crippen molar-refractivity contribution in [2.45, 2.75) is 90.2 Å². The van der Waals surface area contributed by atoms with E-state index < -0.39 is 6.10 Å². The molecule has 1 aromatic rings. The number of aliphatic hydroxyl groups is 1. The molecule has 0 unspecified atom stereocenters. The third-order valence-corrected chi connectivity index (χ3v) is 10.4. The molecule has 0 aromatic heterocycles. The van der Waals surface area contributed by atoms with Gasteiger partial charge in [0.1, 0.15) is 18.5 Å². The molecule has 172 valence electrons. The molecule has 4 fully saturated rings. The van der Waals surface area contributed by atoms with Crippen LogP contribution in [0.4, 0.5) is 0 Å². The van der Waals surface area contributed by atoms with Crippen LogP contribution in [0.2, 0.25) is 0 Å². The van der Waals surface area contributed by atoms with Gasteiger partial charge >= 0.3 is 0 Å². The van der Waals surface area contributed by atoms with Crippen molar-refractivity contribution in [1.29, 1.82) is 0 Å². The van der Waals surface area contributed by atoms with E-state index >= 15 is 0 Å². The third kappa shape index (κ3) is 3.95. The van der Waals surface area contributed by atoms with Crippen LogP contribution in [0, 0.1) is 34.5 Å². The van der Waals surface area contributed by atoms with E-state index in [0.29, 0.717) is 30.0 Å². The first kappa shape index (κ1) is 21.8. The van der Waals surface area contributed by atoms with Crippen molar-refractivity contribution in [3.05, 3.63) is 30.3 Å². The number of ether oxygens (including phenoxy) is 1. The van der Waals surface area contributed by atoms with Gasteiger partial charge in [-0.15, -0.1) is 0 Å². The molecule has 0 aliphatic heterocycles. The minimum absolute atomic E-state index is 0.355. The lowest BCUT2D eigenvalue weighted by atomic mass is 9.45. The van der Waals surface area contributed by atoms with E-state index in [1.807, 2.05) is 30.3 Å². The van der Waals surface area contributed by atoms with Crippen molar-refractivity contribution in [2.24, 2.45) is 34.5 Å². The Morgan fingerprint density at radius 1 is 0.935 bits per heavy atom. The molecule has 1 aromatic carbocycles. The van der Waals surface area contributed by atoms with Gasteiger partial charge in [-0.3, -0.25) is 0 Å². The van der Waals surface area contributed by atoms with Gasteiger partial charge in [-0.25, -0.2) is 0 Å². The number of rotatable bonds is 6. The van der Waals surface area contributed by atoms with E-state index in [-0.39, 0.29) is 0 Å². The monoisotopic (exact) mass is 425 g/mol. The highest BCUT2D eigenvalue weighted by atomic mass is 16.5. The Bertz CT molecular complexity index is 738. The van der Waals surface area contributed by atoms with Gasteiger partial charge in [0.05, 0.1) is 0 Å². The van der Waals surface area contributed by atoms with Crippen molar-refractivity contribution in [2.75, 3.05) is 13.2 Å². The van der Waals surface area contributed by atoms with Gasteiger partial charge in [-0.2, -0.15) is 0 Å². The summed E-state index contributed by atoms with van der Waals surface area (Å²) in [4.78, 5) is 0. The molecule has 0 radical (unpaired) electrons. The van der Waals surface area contributed by atoms with Crippen LogP contribution in [0.1, 0.15) is 78.1 Å². The predicted molar refractivity (Wildman–Crippen MR) is 126 cm³/mol. The number of para-hydroxylation sites is 1. The Hall–Kier alpha value is -1.06. The average Bonchev–Trinajstić information content (AvgIpc) is 3.13. The molecule has 4 aliphatic carbocycles. The third-order valence-electron chi connectivity index (χ3n) is 10.4. The summed E-state index contributed by atoms with van der Waals surface area (Å²) < 4.78 is 5.76. The lowest BCUT2D eigenvalue weighted by Crippen LogP contribution is -2.55. The van der Waals surface area contributed by atoms with Crippen LogP contribution in [0.5, 0.6) is 5.75 Å². The SMILES string of the molecule is C[C@@]12CC[C@H]3[C@@H](CC[C@H]4CCCC[C@]43C)[C@H]1CC[C@@H]2NC[C@H](O)COc1ccccc1. The normalized spacial score (nSPS) is 42.9. The fourth-order valence-electron chi connectivity index (χ4n) is 8.68. The molecule has 8 atom stereocenters. The summed E-state index contributed by atoms with van der Waals surface area (Å²) in [6.45, 7) is 6.23. The molecule has 3 nitrogen and oxygen atoms in total. The van der Waals surface area contributed by atoms with Gasteiger partial charge in [0.25, 0.3) is 0 Å². The maximum absolute atomic E-state index is 10.5. The Morgan fingerprint density at radius 3 is 2.58 bits per heavy atom. The zero-order valence-corrected chi connectivity index (χ0v) is 19.7. The number of hydrogen-bond acceptors (Lipinski definition) is 3. The van der Waals surface area contributed by atoms with E-state index in [0.717, 1.165) is 29.4 Å². The molecule has 31 heavy (non-hydrogen) atoms. The lowest BCUT2D eigenvalue weighted by molar-refractivity contribution is -0.107. The molecule has 0 spiro atoms. The summed E-state index contributed by atoms with van der Waals surface area (Å²) in [5.74, 6) is 4.62. The highest BCUT2D eigenvalue weighted by Gasteiger charge is 2.59. The maximum Gasteiger partial charge on any atom is 0.119 e. The van der Waals surface area contributed by atoms with Crippen LogP contribution < -0.4 is 10.1 Å². The first-order chi connectivity index (χ1) is 15.0. The van der Waals surface area contributed by atoms with E-state index in [9.17, 15) is 5.11 Å². The zero-order valence-electron chi connectivity index (χ0n) is 19.7. The second-order valence-electron chi connectivity index (χ2n) is 11.8. The molecule has 2 N–H and O–H groups in total. The van der Waals surface area contributed by atoms with Gasteiger partial charge in [-0.05, 0) is 98.0 Å². The van der Waals surface area contributed by atoms with Crippen LogP contribution >= 0.6 is 0 Å². The standard InChI is InChI=1S/C28H43NO2/c1-27-16-7-6-8-20(27)11-12-23-24-13-14-26(28(24,2)17-15-25(23)27)29-18-21(30)19-31-22-9-4-3-5-10-22/h3-5,9-10,20-21,23-26,29-30H,6-8,11-19H2,1-2H3/t20-,21+,23+,24-,25+,26+,27-,28-/m1/s1. The summed E-state index contributed by atoms with van der Waals surface area (Å²) in [5.41, 5.74) is 1.03. The van der Waals surface area contributed by atoms with E-state index in [2.05, 4.69) is 19.2 Å². The molecule has 0 heterocycles. The molecule has 0 saturated heterocycles. The van der Waals surface area contributed by atoms with Crippen molar-refractivity contribution in [3.8, 4) is 5.75 Å². The van der Waals surface area contributed by atoms with Crippen LogP contribution in [0.25, 0.3) is 0 Å². The summed E-state index contributed by atoms with van der Waals surface area (Å²) in [6, 6.07) is 10.4. The zero-order chi connectivity index (χ0) is 21.5. The van der Waals surface area contributed by atoms with Crippen molar-refractivity contribution >= 4 is 0 Å². The number of benzene rings is 1. The Balaban J connectivity index is 1.18. The molecular weight excluding hydrogens is 382 g/mol. The smallest absolute Gasteiger partial charge is 0.119 e. The van der Waals surface area contributed by atoms with Gasteiger partial charge in [0.2, 0.25) is 0 Å². The number of hydrogen-bond donors (Lipinski definition) is 2. The Morgan fingerprint density at radius 2 is 1.74 bits per heavy atom. The summed E-state index contributed by atoms with van der Waals surface area (Å²) >= 11 is 0. The van der Waals surface area contributed by atoms with E-state index in [1.54, 1.807) is 0 Å². The van der Waals surface area contributed by atoms with Crippen molar-refractivity contribution < 1.29 is 9.84 Å². The minimum Gasteiger partial charge on any atom is -0.491 e. The fourth-order valence-corrected chi connectivity index (χ4v) is 8.68.